The maximum atomic E-state index is 14.5. The third-order valence-electron chi connectivity index (χ3n) is 11.3. The minimum atomic E-state index is -4.32. The van der Waals surface area contributed by atoms with Gasteiger partial charge in [0.15, 0.2) is 0 Å². The molecule has 5 aliphatic rings. The van der Waals surface area contributed by atoms with E-state index in [1.54, 1.807) is 43.3 Å². The second-order valence-electron chi connectivity index (χ2n) is 15.2. The van der Waals surface area contributed by atoms with Crippen LogP contribution in [0.25, 0.3) is 0 Å². The summed E-state index contributed by atoms with van der Waals surface area (Å²) in [7, 11) is -4.32. The van der Waals surface area contributed by atoms with Crippen molar-refractivity contribution in [3.63, 3.8) is 0 Å². The van der Waals surface area contributed by atoms with Gasteiger partial charge in [-0.05, 0) is 75.1 Å². The zero-order valence-electron chi connectivity index (χ0n) is 30.6. The van der Waals surface area contributed by atoms with Crippen LogP contribution in [0.15, 0.2) is 59.5 Å². The molecular weight excluding hydrogens is 734 g/mol. The van der Waals surface area contributed by atoms with Gasteiger partial charge in [-0.1, -0.05) is 55.3 Å². The highest BCUT2D eigenvalue weighted by Gasteiger charge is 2.62. The molecule has 2 aromatic carbocycles. The SMILES string of the molecule is Cc1ccccc1S(=O)(=O)NC(=O)[C@]12C[C@@H]1/C=C\CCCCC[C@H](NC(=O)OC1CCC1)C(=O)N1C[C@H](OC(=O)N3Cc4cccc(F)c4C3)C[C@H]1C(=O)N2. The van der Waals surface area contributed by atoms with E-state index in [2.05, 4.69) is 15.4 Å². The van der Waals surface area contributed by atoms with Crippen LogP contribution < -0.4 is 15.4 Å². The molecule has 5 amide bonds. The number of rotatable bonds is 6. The summed E-state index contributed by atoms with van der Waals surface area (Å²) >= 11 is 0. The first-order valence-corrected chi connectivity index (χ1v) is 20.4. The number of carbonyl (C=O) groups is 5. The Hall–Kier alpha value is -4.99. The average Bonchev–Trinajstić information content (AvgIpc) is 3.42. The van der Waals surface area contributed by atoms with Gasteiger partial charge in [-0.25, -0.2) is 27.1 Å². The van der Waals surface area contributed by atoms with Crippen molar-refractivity contribution in [2.45, 2.75) is 119 Å². The van der Waals surface area contributed by atoms with Crippen molar-refractivity contribution in [3.8, 4) is 0 Å². The molecule has 55 heavy (non-hydrogen) atoms. The topological polar surface area (TPSA) is 181 Å². The minimum Gasteiger partial charge on any atom is -0.446 e. The lowest BCUT2D eigenvalue weighted by atomic mass is 9.96. The fraction of sp³-hybridized carbons (Fsp3) is 0.513. The van der Waals surface area contributed by atoms with E-state index in [1.165, 1.54) is 21.9 Å². The lowest BCUT2D eigenvalue weighted by Gasteiger charge is -2.31. The van der Waals surface area contributed by atoms with E-state index < -0.39 is 75.4 Å². The van der Waals surface area contributed by atoms with Crippen LogP contribution >= 0.6 is 0 Å². The van der Waals surface area contributed by atoms with E-state index in [9.17, 15) is 36.8 Å². The van der Waals surface area contributed by atoms with Crippen molar-refractivity contribution in [1.82, 2.24) is 25.2 Å². The van der Waals surface area contributed by atoms with Crippen molar-refractivity contribution in [2.75, 3.05) is 6.54 Å². The molecule has 3 N–H and O–H groups in total. The molecule has 3 fully saturated rings. The second-order valence-corrected chi connectivity index (χ2v) is 16.8. The first-order valence-electron chi connectivity index (χ1n) is 19.0. The van der Waals surface area contributed by atoms with Gasteiger partial charge in [0.05, 0.1) is 18.0 Å². The molecule has 3 aliphatic heterocycles. The summed E-state index contributed by atoms with van der Waals surface area (Å²) in [6, 6.07) is 8.51. The Morgan fingerprint density at radius 1 is 0.945 bits per heavy atom. The highest BCUT2D eigenvalue weighted by Crippen LogP contribution is 2.46. The van der Waals surface area contributed by atoms with Gasteiger partial charge in [-0.15, -0.1) is 0 Å². The highest BCUT2D eigenvalue weighted by atomic mass is 32.2. The molecule has 294 valence electrons. The molecule has 0 unspecified atom stereocenters. The van der Waals surface area contributed by atoms with Crippen LogP contribution in [0.1, 0.15) is 80.9 Å². The molecule has 7 rings (SSSR count). The van der Waals surface area contributed by atoms with Gasteiger partial charge in [0, 0.05) is 24.4 Å². The summed E-state index contributed by atoms with van der Waals surface area (Å²) in [5.74, 6) is -3.20. The first kappa shape index (κ1) is 38.3. The van der Waals surface area contributed by atoms with Crippen molar-refractivity contribution >= 4 is 39.9 Å². The average molecular weight is 780 g/mol. The van der Waals surface area contributed by atoms with E-state index in [0.717, 1.165) is 32.1 Å². The number of hydrogen-bond acceptors (Lipinski definition) is 9. The quantitative estimate of drug-likeness (QED) is 0.364. The number of benzene rings is 2. The van der Waals surface area contributed by atoms with Gasteiger partial charge in [0.1, 0.15) is 35.6 Å². The van der Waals surface area contributed by atoms with Gasteiger partial charge in [0.2, 0.25) is 11.8 Å². The molecule has 0 radical (unpaired) electrons. The monoisotopic (exact) mass is 779 g/mol. The number of nitrogens with one attached hydrogen (secondary N) is 3. The smallest absolute Gasteiger partial charge is 0.410 e. The summed E-state index contributed by atoms with van der Waals surface area (Å²) in [5.41, 5.74) is -0.170. The maximum Gasteiger partial charge on any atom is 0.410 e. The van der Waals surface area contributed by atoms with Crippen molar-refractivity contribution in [2.24, 2.45) is 5.92 Å². The number of nitrogens with zero attached hydrogens (tertiary/aromatic N) is 2. The molecule has 14 nitrogen and oxygen atoms in total. The van der Waals surface area contributed by atoms with Crippen LogP contribution in [0.4, 0.5) is 14.0 Å². The van der Waals surface area contributed by atoms with E-state index in [-0.39, 0.29) is 49.9 Å². The lowest BCUT2D eigenvalue weighted by molar-refractivity contribution is -0.141. The Morgan fingerprint density at radius 3 is 2.49 bits per heavy atom. The van der Waals surface area contributed by atoms with Crippen LogP contribution in [0.3, 0.4) is 0 Å². The van der Waals surface area contributed by atoms with Crippen molar-refractivity contribution in [1.29, 1.82) is 0 Å². The first-order chi connectivity index (χ1) is 26.3. The number of allylic oxidation sites excluding steroid dienone is 1. The van der Waals surface area contributed by atoms with Gasteiger partial charge >= 0.3 is 12.2 Å². The number of ether oxygens (including phenoxy) is 2. The largest absolute Gasteiger partial charge is 0.446 e. The summed E-state index contributed by atoms with van der Waals surface area (Å²) in [4.78, 5) is 71.5. The molecule has 0 aromatic heterocycles. The Kier molecular flexibility index (Phi) is 10.9. The van der Waals surface area contributed by atoms with Crippen molar-refractivity contribution in [3.05, 3.63) is 77.1 Å². The van der Waals surface area contributed by atoms with Gasteiger partial charge in [0.25, 0.3) is 15.9 Å². The maximum absolute atomic E-state index is 14.5. The lowest BCUT2D eigenvalue weighted by Crippen LogP contribution is -2.58. The normalized spacial score (nSPS) is 27.5. The highest BCUT2D eigenvalue weighted by molar-refractivity contribution is 7.90. The Morgan fingerprint density at radius 2 is 1.75 bits per heavy atom. The van der Waals surface area contributed by atoms with Gasteiger partial charge in [-0.3, -0.25) is 19.3 Å². The predicted molar refractivity (Wildman–Crippen MR) is 195 cm³/mol. The Bertz CT molecular complexity index is 2010. The predicted octanol–water partition coefficient (Wildman–Crippen LogP) is 4.10. The van der Waals surface area contributed by atoms with E-state index >= 15 is 0 Å². The molecule has 2 aliphatic carbocycles. The number of amides is 5. The van der Waals surface area contributed by atoms with Gasteiger partial charge in [-0.2, -0.15) is 0 Å². The van der Waals surface area contributed by atoms with Crippen LogP contribution in [-0.2, 0) is 47.0 Å². The number of carbonyl (C=O) groups excluding carboxylic acids is 5. The zero-order chi connectivity index (χ0) is 38.9. The van der Waals surface area contributed by atoms with Crippen LogP contribution in [0.5, 0.6) is 0 Å². The molecular formula is C39H46FN5O9S. The minimum absolute atomic E-state index is 0.00677. The molecule has 0 bridgehead atoms. The van der Waals surface area contributed by atoms with E-state index in [1.807, 2.05) is 6.08 Å². The molecule has 2 aromatic rings. The van der Waals surface area contributed by atoms with E-state index in [4.69, 9.17) is 9.47 Å². The number of sulfonamides is 1. The molecule has 1 saturated heterocycles. The summed E-state index contributed by atoms with van der Waals surface area (Å²) in [5, 5.41) is 5.51. The fourth-order valence-electron chi connectivity index (χ4n) is 7.83. The van der Waals surface area contributed by atoms with Crippen LogP contribution in [-0.4, -0.2) is 84.5 Å². The van der Waals surface area contributed by atoms with Crippen LogP contribution in [0, 0.1) is 18.7 Å². The number of aryl methyl sites for hydroxylation is 1. The summed E-state index contributed by atoms with van der Waals surface area (Å²) in [6.45, 7) is 1.53. The zero-order valence-corrected chi connectivity index (χ0v) is 31.4. The van der Waals surface area contributed by atoms with Crippen molar-refractivity contribution < 1.29 is 46.3 Å². The number of halogens is 1. The Balaban J connectivity index is 1.14. The third-order valence-corrected chi connectivity index (χ3v) is 12.8. The number of alkyl carbamates (subject to hydrolysis) is 1. The summed E-state index contributed by atoms with van der Waals surface area (Å²) < 4.78 is 54.8. The molecule has 2 saturated carbocycles. The second kappa shape index (κ2) is 15.6. The van der Waals surface area contributed by atoms with E-state index in [0.29, 0.717) is 29.5 Å². The number of fused-ring (bicyclic) bond motifs is 3. The molecule has 16 heteroatoms. The number of hydrogen-bond donors (Lipinski definition) is 3. The fourth-order valence-corrected chi connectivity index (χ4v) is 9.12. The third kappa shape index (κ3) is 8.19. The summed E-state index contributed by atoms with van der Waals surface area (Å²) in [6.07, 6.45) is 6.37. The molecule has 0 spiro atoms. The van der Waals surface area contributed by atoms with Gasteiger partial charge < -0.3 is 25.0 Å². The molecule has 3 heterocycles. The van der Waals surface area contributed by atoms with Crippen LogP contribution in [0.2, 0.25) is 0 Å². The Labute approximate surface area is 319 Å². The molecule has 5 atom stereocenters. The standard InChI is InChI=1S/C39H46FN5O9S/c1-24-11-7-8-18-33(24)55(51,52)43-36(48)39-20-26(39)13-5-3-2-4-6-17-31(41-37(49)53-27-14-10-15-27)35(47)45-22-28(19-32(45)34(46)42-39)54-38(50)44-21-25-12-9-16-30(40)29(25)23-44/h5,7-9,11-13,16,18,26-28,31-32H,2-4,6,10,14-15,17,19-23H2,1H3,(H,41,49)(H,42,46)(H,43,48)/b13-5-/t26-,28+,31-,32-,39-/m0/s1.